The number of halogens is 1. The Labute approximate surface area is 177 Å². The van der Waals surface area contributed by atoms with Crippen molar-refractivity contribution in [2.75, 3.05) is 17.9 Å². The van der Waals surface area contributed by atoms with E-state index in [0.29, 0.717) is 15.9 Å². The third-order valence-corrected chi connectivity index (χ3v) is 6.13. The lowest BCUT2D eigenvalue weighted by molar-refractivity contribution is -0.116. The van der Waals surface area contributed by atoms with Crippen LogP contribution in [0.5, 0.6) is 5.75 Å². The highest BCUT2D eigenvalue weighted by Gasteiger charge is 2.37. The lowest BCUT2D eigenvalue weighted by atomic mass is 10.0. The highest BCUT2D eigenvalue weighted by atomic mass is 35.5. The predicted octanol–water partition coefficient (Wildman–Crippen LogP) is 3.90. The highest BCUT2D eigenvalue weighted by Crippen LogP contribution is 2.38. The number of amides is 1. The van der Waals surface area contributed by atoms with Crippen molar-refractivity contribution in [3.8, 4) is 5.75 Å². The zero-order valence-electron chi connectivity index (χ0n) is 15.9. The van der Waals surface area contributed by atoms with Gasteiger partial charge < -0.3 is 15.5 Å². The molecule has 7 nitrogen and oxygen atoms in total. The number of nitrogens with one attached hydrogen (secondary N) is 2. The average molecular weight is 430 g/mol. The largest absolute Gasteiger partial charge is 0.497 e. The van der Waals surface area contributed by atoms with Crippen LogP contribution in [-0.2, 0) is 11.2 Å². The molecule has 1 aliphatic heterocycles. The molecule has 2 heterocycles. The molecule has 29 heavy (non-hydrogen) atoms. The standard InChI is InChI=1S/C20H20ClN5O2S/c1-3-16-23-24-20-26(16)25-17(12-4-10-15(28-2)11-5-12)18(29-20)19(27)22-14-8-6-13(21)7-9-14/h4-11,17-18,25H,3H2,1-2H3,(H,22,27). The van der Waals surface area contributed by atoms with Crippen molar-refractivity contribution in [2.45, 2.75) is 29.8 Å². The number of anilines is 1. The SMILES string of the molecule is CCc1nnc2n1NC(c1ccc(OC)cc1)C(C(=O)Nc1ccc(Cl)cc1)S2. The summed E-state index contributed by atoms with van der Waals surface area (Å²) in [6, 6.07) is 14.5. The van der Waals surface area contributed by atoms with E-state index in [2.05, 4.69) is 20.9 Å². The molecular formula is C20H20ClN5O2S. The second-order valence-electron chi connectivity index (χ2n) is 6.50. The molecule has 3 aromatic rings. The summed E-state index contributed by atoms with van der Waals surface area (Å²) >= 11 is 7.34. The van der Waals surface area contributed by atoms with Gasteiger partial charge in [0.05, 0.1) is 13.2 Å². The number of fused-ring (bicyclic) bond motifs is 1. The lowest BCUT2D eigenvalue weighted by Crippen LogP contribution is -2.41. The molecule has 2 atom stereocenters. The molecule has 0 spiro atoms. The number of carbonyl (C=O) groups is 1. The van der Waals surface area contributed by atoms with Crippen LogP contribution in [0.1, 0.15) is 24.4 Å². The first kappa shape index (κ1) is 19.6. The van der Waals surface area contributed by atoms with E-state index in [-0.39, 0.29) is 11.9 Å². The lowest BCUT2D eigenvalue weighted by Gasteiger charge is -2.33. The summed E-state index contributed by atoms with van der Waals surface area (Å²) in [6.45, 7) is 2.02. The van der Waals surface area contributed by atoms with E-state index in [9.17, 15) is 4.79 Å². The number of nitrogens with zero attached hydrogens (tertiary/aromatic N) is 3. The number of aryl methyl sites for hydroxylation is 1. The summed E-state index contributed by atoms with van der Waals surface area (Å²) in [4.78, 5) is 13.2. The number of hydrogen-bond donors (Lipinski definition) is 2. The van der Waals surface area contributed by atoms with Gasteiger partial charge in [-0.05, 0) is 42.0 Å². The maximum absolute atomic E-state index is 13.2. The Balaban J connectivity index is 1.65. The fourth-order valence-corrected chi connectivity index (χ4v) is 4.36. The molecule has 2 aromatic carbocycles. The molecule has 150 valence electrons. The van der Waals surface area contributed by atoms with Gasteiger partial charge in [0.2, 0.25) is 11.1 Å². The van der Waals surface area contributed by atoms with Crippen LogP contribution in [0, 0.1) is 0 Å². The van der Waals surface area contributed by atoms with Crippen LogP contribution < -0.4 is 15.5 Å². The van der Waals surface area contributed by atoms with Gasteiger partial charge in [0.1, 0.15) is 11.0 Å². The molecule has 9 heteroatoms. The van der Waals surface area contributed by atoms with Gasteiger partial charge in [-0.1, -0.05) is 42.4 Å². The van der Waals surface area contributed by atoms with E-state index in [1.165, 1.54) is 11.8 Å². The smallest absolute Gasteiger partial charge is 0.240 e. The molecule has 0 saturated heterocycles. The topological polar surface area (TPSA) is 81.1 Å². The Kier molecular flexibility index (Phi) is 5.64. The number of thioether (sulfide) groups is 1. The number of benzene rings is 2. The van der Waals surface area contributed by atoms with E-state index >= 15 is 0 Å². The van der Waals surface area contributed by atoms with Gasteiger partial charge in [-0.3, -0.25) is 4.79 Å². The third-order valence-electron chi connectivity index (χ3n) is 4.67. The molecule has 1 aromatic heterocycles. The van der Waals surface area contributed by atoms with Crippen molar-refractivity contribution < 1.29 is 9.53 Å². The second-order valence-corrected chi connectivity index (χ2v) is 8.05. The van der Waals surface area contributed by atoms with E-state index in [4.69, 9.17) is 16.3 Å². The average Bonchev–Trinajstić information content (AvgIpc) is 3.16. The highest BCUT2D eigenvalue weighted by molar-refractivity contribution is 8.00. The first-order valence-electron chi connectivity index (χ1n) is 9.17. The maximum atomic E-state index is 13.2. The molecule has 0 fully saturated rings. The van der Waals surface area contributed by atoms with Gasteiger partial charge in [-0.2, -0.15) is 0 Å². The zero-order chi connectivity index (χ0) is 20.4. The molecule has 2 N–H and O–H groups in total. The maximum Gasteiger partial charge on any atom is 0.240 e. The van der Waals surface area contributed by atoms with Crippen LogP contribution in [0.4, 0.5) is 5.69 Å². The summed E-state index contributed by atoms with van der Waals surface area (Å²) in [5.74, 6) is 1.46. The summed E-state index contributed by atoms with van der Waals surface area (Å²) < 4.78 is 7.13. The molecule has 0 bridgehead atoms. The van der Waals surface area contributed by atoms with Gasteiger partial charge in [0, 0.05) is 17.1 Å². The third kappa shape index (κ3) is 4.04. The van der Waals surface area contributed by atoms with Crippen LogP contribution in [0.25, 0.3) is 0 Å². The van der Waals surface area contributed by atoms with E-state index < -0.39 is 5.25 Å². The van der Waals surface area contributed by atoms with Crippen molar-refractivity contribution >= 4 is 35.0 Å². The van der Waals surface area contributed by atoms with Crippen LogP contribution in [-0.4, -0.2) is 33.1 Å². The number of methoxy groups -OCH3 is 1. The number of ether oxygens (including phenoxy) is 1. The number of hydrogen-bond acceptors (Lipinski definition) is 6. The van der Waals surface area contributed by atoms with Crippen molar-refractivity contribution in [1.29, 1.82) is 0 Å². The first-order chi connectivity index (χ1) is 14.1. The van der Waals surface area contributed by atoms with Gasteiger partial charge in [-0.25, -0.2) is 4.68 Å². The van der Waals surface area contributed by atoms with E-state index in [0.717, 1.165) is 23.6 Å². The van der Waals surface area contributed by atoms with Crippen LogP contribution >= 0.6 is 23.4 Å². The van der Waals surface area contributed by atoms with Gasteiger partial charge >= 0.3 is 0 Å². The Morgan fingerprint density at radius 3 is 2.59 bits per heavy atom. The quantitative estimate of drug-likeness (QED) is 0.640. The van der Waals surface area contributed by atoms with Crippen molar-refractivity contribution in [1.82, 2.24) is 14.9 Å². The van der Waals surface area contributed by atoms with E-state index in [1.807, 2.05) is 35.9 Å². The number of aromatic nitrogens is 3. The molecule has 1 amide bonds. The first-order valence-corrected chi connectivity index (χ1v) is 10.4. The molecule has 0 radical (unpaired) electrons. The Bertz CT molecular complexity index is 1010. The van der Waals surface area contributed by atoms with Crippen molar-refractivity contribution in [3.63, 3.8) is 0 Å². The zero-order valence-corrected chi connectivity index (χ0v) is 17.5. The van der Waals surface area contributed by atoms with Crippen LogP contribution in [0.3, 0.4) is 0 Å². The van der Waals surface area contributed by atoms with Gasteiger partial charge in [0.25, 0.3) is 0 Å². The minimum absolute atomic E-state index is 0.127. The number of rotatable bonds is 5. The Hall–Kier alpha value is -2.71. The van der Waals surface area contributed by atoms with Crippen molar-refractivity contribution in [3.05, 3.63) is 64.9 Å². The molecule has 2 unspecified atom stereocenters. The molecular weight excluding hydrogens is 410 g/mol. The fourth-order valence-electron chi connectivity index (χ4n) is 3.14. The Morgan fingerprint density at radius 1 is 1.21 bits per heavy atom. The summed E-state index contributed by atoms with van der Waals surface area (Å²) in [5, 5.41) is 12.3. The van der Waals surface area contributed by atoms with E-state index in [1.54, 1.807) is 31.4 Å². The summed E-state index contributed by atoms with van der Waals surface area (Å²) in [5.41, 5.74) is 5.08. The molecule has 1 aliphatic rings. The fraction of sp³-hybridized carbons (Fsp3) is 0.250. The van der Waals surface area contributed by atoms with Crippen molar-refractivity contribution in [2.24, 2.45) is 0 Å². The second kappa shape index (κ2) is 8.34. The minimum atomic E-state index is -0.444. The predicted molar refractivity (Wildman–Crippen MR) is 114 cm³/mol. The minimum Gasteiger partial charge on any atom is -0.497 e. The van der Waals surface area contributed by atoms with Crippen LogP contribution in [0.2, 0.25) is 5.02 Å². The number of carbonyl (C=O) groups excluding carboxylic acids is 1. The van der Waals surface area contributed by atoms with Crippen LogP contribution in [0.15, 0.2) is 53.7 Å². The molecule has 4 rings (SSSR count). The monoisotopic (exact) mass is 429 g/mol. The molecule has 0 saturated carbocycles. The normalized spacial score (nSPS) is 17.9. The Morgan fingerprint density at radius 2 is 1.93 bits per heavy atom. The van der Waals surface area contributed by atoms with Gasteiger partial charge in [-0.15, -0.1) is 10.2 Å². The summed E-state index contributed by atoms with van der Waals surface area (Å²) in [6.07, 6.45) is 0.734. The summed E-state index contributed by atoms with van der Waals surface area (Å²) in [7, 11) is 1.63. The van der Waals surface area contributed by atoms with Gasteiger partial charge in [0.15, 0.2) is 5.82 Å². The molecule has 0 aliphatic carbocycles.